The summed E-state index contributed by atoms with van der Waals surface area (Å²) in [6.45, 7) is 0. The number of aromatic nitrogens is 1. The van der Waals surface area contributed by atoms with Gasteiger partial charge in [0.1, 0.15) is 15.5 Å². The third-order valence-corrected chi connectivity index (χ3v) is 5.69. The molecule has 4 nitrogen and oxygen atoms in total. The zero-order valence-corrected chi connectivity index (χ0v) is 14.5. The third-order valence-electron chi connectivity index (χ3n) is 4.58. The van der Waals surface area contributed by atoms with Gasteiger partial charge in [0.05, 0.1) is 11.4 Å². The molecule has 1 amide bonds. The molecule has 128 valence electrons. The highest BCUT2D eigenvalue weighted by Gasteiger charge is 2.20. The summed E-state index contributed by atoms with van der Waals surface area (Å²) in [5, 5.41) is 3.42. The van der Waals surface area contributed by atoms with Crippen molar-refractivity contribution in [3.8, 4) is 0 Å². The Hall–Kier alpha value is -2.47. The number of benzene rings is 1. The van der Waals surface area contributed by atoms with Crippen molar-refractivity contribution in [1.82, 2.24) is 4.98 Å². The van der Waals surface area contributed by atoms with E-state index < -0.39 is 11.7 Å². The first kappa shape index (κ1) is 16.0. The van der Waals surface area contributed by atoms with Crippen LogP contribution in [0.2, 0.25) is 0 Å². The van der Waals surface area contributed by atoms with Gasteiger partial charge in [-0.3, -0.25) is 4.79 Å². The van der Waals surface area contributed by atoms with Crippen molar-refractivity contribution in [2.75, 3.05) is 11.1 Å². The van der Waals surface area contributed by atoms with Crippen molar-refractivity contribution in [3.05, 3.63) is 52.3 Å². The molecule has 3 aromatic rings. The van der Waals surface area contributed by atoms with Crippen LogP contribution in [0, 0.1) is 5.82 Å². The molecule has 0 radical (unpaired) electrons. The van der Waals surface area contributed by atoms with Crippen LogP contribution < -0.4 is 11.1 Å². The predicted octanol–water partition coefficient (Wildman–Crippen LogP) is 4.54. The minimum Gasteiger partial charge on any atom is -0.397 e. The number of para-hydroxylation sites is 1. The van der Waals surface area contributed by atoms with Gasteiger partial charge in [-0.2, -0.15) is 0 Å². The maximum atomic E-state index is 13.8. The number of thiophene rings is 1. The van der Waals surface area contributed by atoms with Crippen LogP contribution >= 0.6 is 11.3 Å². The fourth-order valence-corrected chi connectivity index (χ4v) is 4.24. The summed E-state index contributed by atoms with van der Waals surface area (Å²) in [6.07, 6.45) is 5.50. The number of anilines is 2. The molecule has 1 aromatic carbocycles. The molecule has 0 saturated carbocycles. The molecule has 0 atom stereocenters. The Kier molecular flexibility index (Phi) is 4.13. The largest absolute Gasteiger partial charge is 0.397 e. The molecule has 2 aromatic heterocycles. The molecule has 0 bridgehead atoms. The fraction of sp³-hybridized carbons (Fsp3) is 0.263. The molecule has 0 unspecified atom stereocenters. The number of aryl methyl sites for hydroxylation is 2. The molecule has 2 heterocycles. The number of nitrogens with two attached hydrogens (primary N) is 1. The number of carbonyl (C=O) groups excluding carboxylic acids is 1. The second kappa shape index (κ2) is 6.44. The van der Waals surface area contributed by atoms with E-state index in [4.69, 9.17) is 10.7 Å². The third kappa shape index (κ3) is 2.98. The van der Waals surface area contributed by atoms with Crippen molar-refractivity contribution >= 4 is 38.8 Å². The summed E-state index contributed by atoms with van der Waals surface area (Å²) >= 11 is 1.27. The van der Waals surface area contributed by atoms with Crippen molar-refractivity contribution in [3.63, 3.8) is 0 Å². The SMILES string of the molecule is Nc1c(C(=O)Nc2ccccc2F)sc2nc3c(cc12)CCCCC3. The molecule has 4 rings (SSSR count). The van der Waals surface area contributed by atoms with E-state index in [9.17, 15) is 9.18 Å². The lowest BCUT2D eigenvalue weighted by atomic mass is 10.1. The number of pyridine rings is 1. The van der Waals surface area contributed by atoms with Crippen LogP contribution in [0.5, 0.6) is 0 Å². The second-order valence-electron chi connectivity index (χ2n) is 6.29. The van der Waals surface area contributed by atoms with Crippen LogP contribution in [0.25, 0.3) is 10.2 Å². The highest BCUT2D eigenvalue weighted by Crippen LogP contribution is 2.35. The number of amides is 1. The summed E-state index contributed by atoms with van der Waals surface area (Å²) < 4.78 is 13.8. The van der Waals surface area contributed by atoms with Gasteiger partial charge in [-0.1, -0.05) is 18.6 Å². The fourth-order valence-electron chi connectivity index (χ4n) is 3.25. The summed E-state index contributed by atoms with van der Waals surface area (Å²) in [7, 11) is 0. The number of halogens is 1. The van der Waals surface area contributed by atoms with Gasteiger partial charge < -0.3 is 11.1 Å². The second-order valence-corrected chi connectivity index (χ2v) is 7.29. The average molecular weight is 355 g/mol. The molecule has 0 saturated heterocycles. The molecule has 3 N–H and O–H groups in total. The molecule has 25 heavy (non-hydrogen) atoms. The monoisotopic (exact) mass is 355 g/mol. The lowest BCUT2D eigenvalue weighted by Gasteiger charge is -2.05. The normalized spacial score (nSPS) is 14.1. The quantitative estimate of drug-likeness (QED) is 0.663. The molecule has 0 aliphatic heterocycles. The van der Waals surface area contributed by atoms with Gasteiger partial charge >= 0.3 is 0 Å². The summed E-state index contributed by atoms with van der Waals surface area (Å²) in [5.74, 6) is -0.874. The van der Waals surface area contributed by atoms with Crippen LogP contribution in [0.3, 0.4) is 0 Å². The van der Waals surface area contributed by atoms with Gasteiger partial charge in [0.15, 0.2) is 0 Å². The average Bonchev–Trinajstić information content (AvgIpc) is 2.78. The smallest absolute Gasteiger partial charge is 0.268 e. The molecule has 1 aliphatic rings. The highest BCUT2D eigenvalue weighted by molar-refractivity contribution is 7.21. The van der Waals surface area contributed by atoms with Gasteiger partial charge in [0.2, 0.25) is 0 Å². The van der Waals surface area contributed by atoms with Gasteiger partial charge in [-0.05, 0) is 49.4 Å². The Balaban J connectivity index is 1.71. The number of hydrogen-bond acceptors (Lipinski definition) is 4. The number of nitrogens with zero attached hydrogens (tertiary/aromatic N) is 1. The zero-order valence-electron chi connectivity index (χ0n) is 13.6. The van der Waals surface area contributed by atoms with Crippen molar-refractivity contribution < 1.29 is 9.18 Å². The number of carbonyl (C=O) groups is 1. The standard InChI is InChI=1S/C19H18FN3OS/c20-13-7-4-5-9-15(13)22-18(24)17-16(21)12-10-11-6-2-1-3-8-14(11)23-19(12)25-17/h4-5,7,9-10H,1-3,6,8,21H2,(H,22,24). The number of nitrogens with one attached hydrogen (secondary N) is 1. The molecule has 6 heteroatoms. The topological polar surface area (TPSA) is 68.0 Å². The molecular formula is C19H18FN3OS. The first-order valence-corrected chi connectivity index (χ1v) is 9.22. The van der Waals surface area contributed by atoms with Gasteiger partial charge in [-0.25, -0.2) is 9.37 Å². The van der Waals surface area contributed by atoms with Crippen LogP contribution in [0.4, 0.5) is 15.8 Å². The lowest BCUT2D eigenvalue weighted by Crippen LogP contribution is -2.12. The predicted molar refractivity (Wildman–Crippen MR) is 99.6 cm³/mol. The van der Waals surface area contributed by atoms with E-state index in [0.29, 0.717) is 10.6 Å². The summed E-state index contributed by atoms with van der Waals surface area (Å²) in [6, 6.07) is 8.16. The Morgan fingerprint density at radius 3 is 2.84 bits per heavy atom. The van der Waals surface area contributed by atoms with E-state index in [1.165, 1.54) is 35.5 Å². The first-order chi connectivity index (χ1) is 12.1. The van der Waals surface area contributed by atoms with E-state index in [1.807, 2.05) is 0 Å². The van der Waals surface area contributed by atoms with Crippen LogP contribution in [-0.4, -0.2) is 10.9 Å². The maximum Gasteiger partial charge on any atom is 0.268 e. The summed E-state index contributed by atoms with van der Waals surface area (Å²) in [5.41, 5.74) is 9.14. The Labute approximate surface area is 148 Å². The number of hydrogen-bond donors (Lipinski definition) is 2. The van der Waals surface area contributed by atoms with E-state index in [0.717, 1.165) is 41.6 Å². The minimum atomic E-state index is -0.472. The molecule has 1 aliphatic carbocycles. The van der Waals surface area contributed by atoms with Crippen molar-refractivity contribution in [2.45, 2.75) is 32.1 Å². The van der Waals surface area contributed by atoms with Crippen LogP contribution in [0.1, 0.15) is 40.2 Å². The van der Waals surface area contributed by atoms with Gasteiger partial charge in [0.25, 0.3) is 5.91 Å². The lowest BCUT2D eigenvalue weighted by molar-refractivity contribution is 0.103. The maximum absolute atomic E-state index is 13.8. The first-order valence-electron chi connectivity index (χ1n) is 8.40. The van der Waals surface area contributed by atoms with Crippen LogP contribution in [-0.2, 0) is 12.8 Å². The van der Waals surface area contributed by atoms with E-state index in [1.54, 1.807) is 12.1 Å². The number of nitrogen functional groups attached to an aromatic ring is 1. The van der Waals surface area contributed by atoms with Gasteiger partial charge in [-0.15, -0.1) is 11.3 Å². The summed E-state index contributed by atoms with van der Waals surface area (Å²) in [4.78, 5) is 18.5. The van der Waals surface area contributed by atoms with E-state index in [-0.39, 0.29) is 5.69 Å². The van der Waals surface area contributed by atoms with Crippen molar-refractivity contribution in [1.29, 1.82) is 0 Å². The van der Waals surface area contributed by atoms with E-state index in [2.05, 4.69) is 11.4 Å². The highest BCUT2D eigenvalue weighted by atomic mass is 32.1. The zero-order chi connectivity index (χ0) is 17.4. The number of fused-ring (bicyclic) bond motifs is 2. The Morgan fingerprint density at radius 1 is 1.20 bits per heavy atom. The van der Waals surface area contributed by atoms with Crippen molar-refractivity contribution in [2.24, 2.45) is 0 Å². The van der Waals surface area contributed by atoms with Gasteiger partial charge in [0, 0.05) is 11.1 Å². The Morgan fingerprint density at radius 2 is 2.00 bits per heavy atom. The Bertz CT molecular complexity index is 967. The molecule has 0 fully saturated rings. The van der Waals surface area contributed by atoms with Crippen LogP contribution in [0.15, 0.2) is 30.3 Å². The van der Waals surface area contributed by atoms with E-state index >= 15 is 0 Å². The molecular weight excluding hydrogens is 337 g/mol. The molecule has 0 spiro atoms. The minimum absolute atomic E-state index is 0.146. The number of rotatable bonds is 2.